The summed E-state index contributed by atoms with van der Waals surface area (Å²) in [6, 6.07) is 5.86. The number of pyridine rings is 2. The van der Waals surface area contributed by atoms with Gasteiger partial charge >= 0.3 is 0 Å². The second-order valence-electron chi connectivity index (χ2n) is 8.68. The molecule has 0 spiro atoms. The zero-order chi connectivity index (χ0) is 24.4. The van der Waals surface area contributed by atoms with Gasteiger partial charge in [0.2, 0.25) is 0 Å². The molecule has 1 amide bonds. The molecule has 1 saturated carbocycles. The maximum Gasteiger partial charge on any atom is 0.274 e. The van der Waals surface area contributed by atoms with Gasteiger partial charge in [-0.15, -0.1) is 0 Å². The molecule has 1 aliphatic rings. The van der Waals surface area contributed by atoms with Gasteiger partial charge in [-0.1, -0.05) is 6.92 Å². The number of hydrogen-bond donors (Lipinski definition) is 2. The average molecular weight is 470 g/mol. The first-order chi connectivity index (χ1) is 16.3. The summed E-state index contributed by atoms with van der Waals surface area (Å²) in [7, 11) is 1.26. The van der Waals surface area contributed by atoms with Crippen LogP contribution >= 0.6 is 0 Å². The molecule has 3 atom stereocenters. The average Bonchev–Trinajstić information content (AvgIpc) is 2.79. The number of amides is 1. The maximum absolute atomic E-state index is 14.5. The Morgan fingerprint density at radius 2 is 1.82 bits per heavy atom. The van der Waals surface area contributed by atoms with Gasteiger partial charge in [-0.25, -0.2) is 18.2 Å². The number of anilines is 1. The van der Waals surface area contributed by atoms with Gasteiger partial charge in [-0.05, 0) is 54.9 Å². The number of hydrogen-bond acceptors (Lipinski definition) is 5. The molecule has 3 unspecified atom stereocenters. The summed E-state index contributed by atoms with van der Waals surface area (Å²) in [4.78, 5) is 21.0. The molecule has 34 heavy (non-hydrogen) atoms. The molecule has 0 radical (unpaired) electrons. The van der Waals surface area contributed by atoms with Gasteiger partial charge in [0.25, 0.3) is 5.91 Å². The number of nitrogens with one attached hydrogen (secondary N) is 1. The van der Waals surface area contributed by atoms with Crippen LogP contribution < -0.4 is 15.8 Å². The van der Waals surface area contributed by atoms with Crippen LogP contribution in [0.25, 0.3) is 11.3 Å². The number of nitrogens with zero attached hydrogens (tertiary/aromatic N) is 2. The molecule has 1 fully saturated rings. The summed E-state index contributed by atoms with van der Waals surface area (Å²) < 4.78 is 48.4. The number of carbonyl (C=O) groups excluding carboxylic acids is 1. The Morgan fingerprint density at radius 1 is 1.09 bits per heavy atom. The molecule has 6 nitrogen and oxygen atoms in total. The molecule has 0 aliphatic heterocycles. The van der Waals surface area contributed by atoms with Crippen molar-refractivity contribution in [3.8, 4) is 17.0 Å². The van der Waals surface area contributed by atoms with Crippen LogP contribution in [0.2, 0.25) is 0 Å². The van der Waals surface area contributed by atoms with Crippen LogP contribution in [0, 0.1) is 23.4 Å². The van der Waals surface area contributed by atoms with Gasteiger partial charge in [0.1, 0.15) is 34.6 Å². The van der Waals surface area contributed by atoms with E-state index in [1.807, 2.05) is 6.07 Å². The van der Waals surface area contributed by atoms with Crippen molar-refractivity contribution in [3.05, 3.63) is 71.4 Å². The van der Waals surface area contributed by atoms with Crippen molar-refractivity contribution in [1.82, 2.24) is 9.97 Å². The summed E-state index contributed by atoms with van der Waals surface area (Å²) in [5, 5.41) is 2.76. The van der Waals surface area contributed by atoms with Gasteiger partial charge in [0, 0.05) is 24.4 Å². The van der Waals surface area contributed by atoms with Crippen molar-refractivity contribution in [1.29, 1.82) is 0 Å². The summed E-state index contributed by atoms with van der Waals surface area (Å²) in [5.74, 6) is -3.20. The van der Waals surface area contributed by atoms with Crippen LogP contribution in [0.1, 0.15) is 48.2 Å². The number of aromatic nitrogens is 2. The van der Waals surface area contributed by atoms with Crippen LogP contribution in [0.4, 0.5) is 18.9 Å². The number of ether oxygens (including phenoxy) is 1. The zero-order valence-electron chi connectivity index (χ0n) is 18.8. The van der Waals surface area contributed by atoms with Gasteiger partial charge in [0.05, 0.1) is 24.6 Å². The fourth-order valence-electron chi connectivity index (χ4n) is 4.60. The molecule has 1 aliphatic carbocycles. The van der Waals surface area contributed by atoms with Gasteiger partial charge < -0.3 is 15.8 Å². The molecule has 2 heterocycles. The molecule has 3 N–H and O–H groups in total. The van der Waals surface area contributed by atoms with Crippen LogP contribution in [0.5, 0.6) is 5.75 Å². The number of benzene rings is 1. The second-order valence-corrected chi connectivity index (χ2v) is 8.68. The lowest BCUT2D eigenvalue weighted by molar-refractivity contribution is 0.102. The first-order valence-electron chi connectivity index (χ1n) is 11.0. The highest BCUT2D eigenvalue weighted by Gasteiger charge is 2.28. The highest BCUT2D eigenvalue weighted by Crippen LogP contribution is 2.38. The van der Waals surface area contributed by atoms with Crippen molar-refractivity contribution in [2.45, 2.75) is 38.1 Å². The molecule has 2 aromatic heterocycles. The van der Waals surface area contributed by atoms with Crippen LogP contribution in [0.15, 0.2) is 42.7 Å². The normalized spacial score (nSPS) is 20.1. The highest BCUT2D eigenvalue weighted by atomic mass is 19.1. The van der Waals surface area contributed by atoms with Crippen LogP contribution in [0.3, 0.4) is 0 Å². The topological polar surface area (TPSA) is 90.1 Å². The molecule has 0 saturated heterocycles. The molecular formula is C25H25F3N4O2. The first-order valence-corrected chi connectivity index (χ1v) is 11.0. The smallest absolute Gasteiger partial charge is 0.274 e. The highest BCUT2D eigenvalue weighted by molar-refractivity contribution is 6.03. The minimum Gasteiger partial charge on any atom is -0.497 e. The second kappa shape index (κ2) is 9.80. The molecular weight excluding hydrogens is 445 g/mol. The molecule has 178 valence electrons. The lowest BCUT2D eigenvalue weighted by Gasteiger charge is -2.32. The quantitative estimate of drug-likeness (QED) is 0.545. The monoisotopic (exact) mass is 470 g/mol. The van der Waals surface area contributed by atoms with Crippen LogP contribution in [-0.4, -0.2) is 29.0 Å². The minimum atomic E-state index is -1.06. The lowest BCUT2D eigenvalue weighted by Crippen LogP contribution is -2.31. The summed E-state index contributed by atoms with van der Waals surface area (Å²) in [6.45, 7) is 2.15. The van der Waals surface area contributed by atoms with Crippen molar-refractivity contribution < 1.29 is 22.7 Å². The number of nitrogens with two attached hydrogens (primary N) is 1. The van der Waals surface area contributed by atoms with E-state index < -0.39 is 34.6 Å². The van der Waals surface area contributed by atoms with Gasteiger partial charge in [-0.3, -0.25) is 9.78 Å². The Balaban J connectivity index is 1.64. The number of halogens is 3. The number of carbonyl (C=O) groups is 1. The van der Waals surface area contributed by atoms with Gasteiger partial charge in [-0.2, -0.15) is 0 Å². The van der Waals surface area contributed by atoms with E-state index in [1.54, 1.807) is 6.20 Å². The molecule has 0 bridgehead atoms. The lowest BCUT2D eigenvalue weighted by atomic mass is 9.76. The zero-order valence-corrected chi connectivity index (χ0v) is 18.8. The van der Waals surface area contributed by atoms with Crippen molar-refractivity contribution in [2.24, 2.45) is 11.7 Å². The van der Waals surface area contributed by atoms with Crippen molar-refractivity contribution in [2.75, 3.05) is 12.4 Å². The number of methoxy groups -OCH3 is 1. The predicted molar refractivity (Wildman–Crippen MR) is 122 cm³/mol. The van der Waals surface area contributed by atoms with E-state index in [0.717, 1.165) is 49.1 Å². The minimum absolute atomic E-state index is 0.0612. The first kappa shape index (κ1) is 23.7. The Morgan fingerprint density at radius 3 is 2.50 bits per heavy atom. The predicted octanol–water partition coefficient (Wildman–Crippen LogP) is 5.05. The largest absolute Gasteiger partial charge is 0.497 e. The third-order valence-corrected chi connectivity index (χ3v) is 6.09. The van der Waals surface area contributed by atoms with E-state index in [4.69, 9.17) is 10.5 Å². The molecule has 9 heteroatoms. The van der Waals surface area contributed by atoms with E-state index in [2.05, 4.69) is 22.2 Å². The fourth-order valence-corrected chi connectivity index (χ4v) is 4.60. The van der Waals surface area contributed by atoms with Gasteiger partial charge in [0.15, 0.2) is 0 Å². The third kappa shape index (κ3) is 4.89. The Bertz CT molecular complexity index is 1190. The Labute approximate surface area is 195 Å². The fraction of sp³-hybridized carbons (Fsp3) is 0.320. The molecule has 4 rings (SSSR count). The Hall–Kier alpha value is -3.46. The molecule has 3 aromatic rings. The Kier molecular flexibility index (Phi) is 6.83. The van der Waals surface area contributed by atoms with Crippen LogP contribution in [-0.2, 0) is 0 Å². The van der Waals surface area contributed by atoms with E-state index in [-0.39, 0.29) is 23.4 Å². The number of rotatable bonds is 5. The summed E-state index contributed by atoms with van der Waals surface area (Å²) in [6.07, 6.45) is 5.84. The molecule has 1 aromatic carbocycles. The standard InChI is InChI=1S/C25H25F3N4O2/c1-13-7-14(9-15(29)8-13)17-5-6-30-12-22(17)32-25(33)21-4-3-18(26)24(31-21)23-19(27)10-16(34-2)11-20(23)28/h3-6,10-15H,7-9,29H2,1-2H3,(H,32,33). The van der Waals surface area contributed by atoms with E-state index >= 15 is 0 Å². The van der Waals surface area contributed by atoms with Crippen molar-refractivity contribution in [3.63, 3.8) is 0 Å². The van der Waals surface area contributed by atoms with Crippen molar-refractivity contribution >= 4 is 11.6 Å². The van der Waals surface area contributed by atoms with E-state index in [0.29, 0.717) is 11.6 Å². The SMILES string of the molecule is COc1cc(F)c(-c2nc(C(=O)Nc3cnccc3C3CC(C)CC(N)C3)ccc2F)c(F)c1. The maximum atomic E-state index is 14.5. The third-order valence-electron chi connectivity index (χ3n) is 6.09. The van der Waals surface area contributed by atoms with E-state index in [1.165, 1.54) is 13.3 Å². The summed E-state index contributed by atoms with van der Waals surface area (Å²) >= 11 is 0. The summed E-state index contributed by atoms with van der Waals surface area (Å²) in [5.41, 5.74) is 6.12. The van der Waals surface area contributed by atoms with E-state index in [9.17, 15) is 18.0 Å².